The first-order chi connectivity index (χ1) is 5.79. The zero-order valence-electron chi connectivity index (χ0n) is 6.69. The van der Waals surface area contributed by atoms with Gasteiger partial charge >= 0.3 is 0 Å². The van der Waals surface area contributed by atoms with Crippen molar-refractivity contribution < 1.29 is 5.11 Å². The molecule has 0 aromatic carbocycles. The van der Waals surface area contributed by atoms with Crippen molar-refractivity contribution in [3.63, 3.8) is 0 Å². The molecule has 1 rings (SSSR count). The second-order valence-corrected chi connectivity index (χ2v) is 3.14. The van der Waals surface area contributed by atoms with Crippen molar-refractivity contribution >= 4 is 11.8 Å². The SMILES string of the molecule is Cn1c(CO)cnc1SCC#N. The molecule has 0 saturated heterocycles. The van der Waals surface area contributed by atoms with Gasteiger partial charge in [0, 0.05) is 7.05 Å². The van der Waals surface area contributed by atoms with E-state index in [4.69, 9.17) is 10.4 Å². The maximum absolute atomic E-state index is 8.82. The first kappa shape index (κ1) is 9.10. The van der Waals surface area contributed by atoms with E-state index in [-0.39, 0.29) is 6.61 Å². The summed E-state index contributed by atoms with van der Waals surface area (Å²) in [5.74, 6) is 0.385. The molecule has 0 spiro atoms. The van der Waals surface area contributed by atoms with Crippen LogP contribution < -0.4 is 0 Å². The lowest BCUT2D eigenvalue weighted by Gasteiger charge is -2.00. The number of nitriles is 1. The number of hydrogen-bond acceptors (Lipinski definition) is 4. The molecule has 1 N–H and O–H groups in total. The summed E-state index contributed by atoms with van der Waals surface area (Å²) < 4.78 is 1.78. The molecule has 0 bridgehead atoms. The Hall–Kier alpha value is -0.990. The van der Waals surface area contributed by atoms with Gasteiger partial charge in [0.05, 0.1) is 30.3 Å². The Labute approximate surface area is 74.8 Å². The quantitative estimate of drug-likeness (QED) is 0.694. The molecule has 0 aliphatic carbocycles. The van der Waals surface area contributed by atoms with Crippen LogP contribution in [0.3, 0.4) is 0 Å². The highest BCUT2D eigenvalue weighted by atomic mass is 32.2. The first-order valence-electron chi connectivity index (χ1n) is 3.40. The molecule has 0 fully saturated rings. The molecule has 0 unspecified atom stereocenters. The minimum absolute atomic E-state index is 0.0172. The first-order valence-corrected chi connectivity index (χ1v) is 4.39. The average molecular weight is 183 g/mol. The van der Waals surface area contributed by atoms with Gasteiger partial charge in [0.2, 0.25) is 0 Å². The van der Waals surface area contributed by atoms with Crippen molar-refractivity contribution in [1.82, 2.24) is 9.55 Å². The fourth-order valence-electron chi connectivity index (χ4n) is 0.804. The molecule has 64 valence electrons. The lowest BCUT2D eigenvalue weighted by Crippen LogP contribution is -1.97. The summed E-state index contributed by atoms with van der Waals surface area (Å²) in [6.45, 7) is -0.0172. The van der Waals surface area contributed by atoms with E-state index in [9.17, 15) is 0 Å². The molecule has 5 heteroatoms. The van der Waals surface area contributed by atoms with E-state index in [0.29, 0.717) is 5.75 Å². The van der Waals surface area contributed by atoms with Crippen LogP contribution in [0.15, 0.2) is 11.4 Å². The highest BCUT2D eigenvalue weighted by Crippen LogP contribution is 2.15. The number of nitrogens with zero attached hydrogens (tertiary/aromatic N) is 3. The molecule has 0 aliphatic rings. The van der Waals surface area contributed by atoms with Gasteiger partial charge in [0.1, 0.15) is 0 Å². The van der Waals surface area contributed by atoms with Gasteiger partial charge in [-0.25, -0.2) is 4.98 Å². The third kappa shape index (κ3) is 1.78. The van der Waals surface area contributed by atoms with E-state index in [1.807, 2.05) is 13.1 Å². The van der Waals surface area contributed by atoms with Gasteiger partial charge in [0.25, 0.3) is 0 Å². The minimum Gasteiger partial charge on any atom is -0.390 e. The predicted molar refractivity (Wildman–Crippen MR) is 45.5 cm³/mol. The molecule has 0 atom stereocenters. The van der Waals surface area contributed by atoms with Crippen molar-refractivity contribution in [3.05, 3.63) is 11.9 Å². The van der Waals surface area contributed by atoms with Gasteiger partial charge in [-0.1, -0.05) is 11.8 Å². The van der Waals surface area contributed by atoms with Gasteiger partial charge in [-0.3, -0.25) is 0 Å². The highest BCUT2D eigenvalue weighted by Gasteiger charge is 2.04. The van der Waals surface area contributed by atoms with Crippen LogP contribution in [-0.2, 0) is 13.7 Å². The second-order valence-electron chi connectivity index (χ2n) is 2.20. The predicted octanol–water partition coefficient (Wildman–Crippen LogP) is 0.528. The largest absolute Gasteiger partial charge is 0.390 e. The zero-order chi connectivity index (χ0) is 8.97. The Morgan fingerprint density at radius 3 is 3.08 bits per heavy atom. The number of aliphatic hydroxyl groups excluding tert-OH is 1. The fraction of sp³-hybridized carbons (Fsp3) is 0.429. The standard InChI is InChI=1S/C7H9N3OS/c1-10-6(5-11)4-9-7(10)12-3-2-8/h4,11H,3,5H2,1H3. The molecular formula is C7H9N3OS. The van der Waals surface area contributed by atoms with E-state index >= 15 is 0 Å². The summed E-state index contributed by atoms with van der Waals surface area (Å²) in [6, 6.07) is 2.02. The van der Waals surface area contributed by atoms with Crippen LogP contribution in [0, 0.1) is 11.3 Å². The molecule has 1 heterocycles. The Morgan fingerprint density at radius 1 is 1.83 bits per heavy atom. The van der Waals surface area contributed by atoms with Crippen LogP contribution in [0.1, 0.15) is 5.69 Å². The second kappa shape index (κ2) is 4.14. The van der Waals surface area contributed by atoms with Crippen LogP contribution in [0.25, 0.3) is 0 Å². The number of rotatable bonds is 3. The van der Waals surface area contributed by atoms with Crippen molar-refractivity contribution in [2.24, 2.45) is 7.05 Å². The number of aromatic nitrogens is 2. The monoisotopic (exact) mass is 183 g/mol. The Balaban J connectivity index is 2.74. The topological polar surface area (TPSA) is 61.8 Å². The molecule has 1 aromatic heterocycles. The van der Waals surface area contributed by atoms with E-state index in [0.717, 1.165) is 10.9 Å². The molecule has 1 aromatic rings. The highest BCUT2D eigenvalue weighted by molar-refractivity contribution is 7.99. The Morgan fingerprint density at radius 2 is 2.58 bits per heavy atom. The fourth-order valence-corrected chi connectivity index (χ4v) is 1.44. The summed E-state index contributed by atoms with van der Waals surface area (Å²) in [5.41, 5.74) is 0.760. The summed E-state index contributed by atoms with van der Waals surface area (Å²) in [6.07, 6.45) is 1.61. The lowest BCUT2D eigenvalue weighted by atomic mass is 10.5. The average Bonchev–Trinajstić information content (AvgIpc) is 2.43. The van der Waals surface area contributed by atoms with Crippen LogP contribution in [0.5, 0.6) is 0 Å². The van der Waals surface area contributed by atoms with Gasteiger partial charge in [-0.05, 0) is 0 Å². The van der Waals surface area contributed by atoms with Crippen LogP contribution in [0.4, 0.5) is 0 Å². The summed E-state index contributed by atoms with van der Waals surface area (Å²) >= 11 is 1.36. The minimum atomic E-state index is -0.0172. The molecule has 0 amide bonds. The lowest BCUT2D eigenvalue weighted by molar-refractivity contribution is 0.271. The number of hydrogen-bond donors (Lipinski definition) is 1. The number of imidazole rings is 1. The molecular weight excluding hydrogens is 174 g/mol. The van der Waals surface area contributed by atoms with E-state index in [1.54, 1.807) is 10.8 Å². The van der Waals surface area contributed by atoms with Gasteiger partial charge in [-0.15, -0.1) is 0 Å². The third-order valence-corrected chi connectivity index (χ3v) is 2.38. The smallest absolute Gasteiger partial charge is 0.168 e. The van der Waals surface area contributed by atoms with Crippen molar-refractivity contribution in [2.75, 3.05) is 5.75 Å². The van der Waals surface area contributed by atoms with Crippen molar-refractivity contribution in [1.29, 1.82) is 5.26 Å². The molecule has 0 aliphatic heterocycles. The third-order valence-electron chi connectivity index (χ3n) is 1.47. The number of thioether (sulfide) groups is 1. The summed E-state index contributed by atoms with van der Waals surface area (Å²) in [7, 11) is 1.82. The molecule has 0 radical (unpaired) electrons. The molecule has 12 heavy (non-hydrogen) atoms. The number of aliphatic hydroxyl groups is 1. The van der Waals surface area contributed by atoms with Crippen molar-refractivity contribution in [3.8, 4) is 6.07 Å². The molecule has 0 saturated carbocycles. The van der Waals surface area contributed by atoms with Crippen LogP contribution in [-0.4, -0.2) is 20.4 Å². The van der Waals surface area contributed by atoms with Crippen molar-refractivity contribution in [2.45, 2.75) is 11.8 Å². The van der Waals surface area contributed by atoms with Gasteiger partial charge < -0.3 is 9.67 Å². The van der Waals surface area contributed by atoms with E-state index < -0.39 is 0 Å². The maximum atomic E-state index is 8.82. The van der Waals surface area contributed by atoms with Crippen LogP contribution >= 0.6 is 11.8 Å². The van der Waals surface area contributed by atoms with Gasteiger partial charge in [-0.2, -0.15) is 5.26 Å². The van der Waals surface area contributed by atoms with Crippen LogP contribution in [0.2, 0.25) is 0 Å². The van der Waals surface area contributed by atoms with E-state index in [2.05, 4.69) is 4.98 Å². The van der Waals surface area contributed by atoms with Gasteiger partial charge in [0.15, 0.2) is 5.16 Å². The molecule has 4 nitrogen and oxygen atoms in total. The Kier molecular flexibility index (Phi) is 3.14. The van der Waals surface area contributed by atoms with E-state index in [1.165, 1.54) is 11.8 Å². The normalized spacial score (nSPS) is 9.75. The Bertz CT molecular complexity index is 302. The summed E-state index contributed by atoms with van der Waals surface area (Å²) in [5, 5.41) is 17.9. The maximum Gasteiger partial charge on any atom is 0.168 e. The zero-order valence-corrected chi connectivity index (χ0v) is 7.51. The summed E-state index contributed by atoms with van der Waals surface area (Å²) in [4.78, 5) is 4.04.